The molecule has 6 nitrogen and oxygen atoms in total. The van der Waals surface area contributed by atoms with E-state index in [0.717, 1.165) is 21.5 Å². The highest BCUT2D eigenvalue weighted by molar-refractivity contribution is 7.13. The van der Waals surface area contributed by atoms with Crippen LogP contribution in [0.1, 0.15) is 11.3 Å². The molecule has 0 aliphatic carbocycles. The van der Waals surface area contributed by atoms with Gasteiger partial charge in [0.15, 0.2) is 11.3 Å². The van der Waals surface area contributed by atoms with E-state index >= 15 is 0 Å². The maximum Gasteiger partial charge on any atom is 0.286 e. The first-order valence-electron chi connectivity index (χ1n) is 8.75. The van der Waals surface area contributed by atoms with E-state index in [4.69, 9.17) is 0 Å². The molecular weight excluding hydrogens is 372 g/mol. The van der Waals surface area contributed by atoms with Gasteiger partial charge < -0.3 is 15.0 Å². The van der Waals surface area contributed by atoms with Crippen molar-refractivity contribution in [3.05, 3.63) is 77.7 Å². The molecule has 3 aromatic heterocycles. The van der Waals surface area contributed by atoms with Crippen LogP contribution < -0.4 is 4.57 Å². The predicted octanol–water partition coefficient (Wildman–Crippen LogP) is 2.75. The van der Waals surface area contributed by atoms with Gasteiger partial charge in [0.05, 0.1) is 11.7 Å². The van der Waals surface area contributed by atoms with E-state index in [2.05, 4.69) is 9.97 Å². The van der Waals surface area contributed by atoms with Gasteiger partial charge in [-0.3, -0.25) is 14.3 Å². The molecule has 0 saturated heterocycles. The van der Waals surface area contributed by atoms with E-state index < -0.39 is 0 Å². The largest absolute Gasteiger partial charge is 0.420 e. The summed E-state index contributed by atoms with van der Waals surface area (Å²) < 4.78 is 1.86. The summed E-state index contributed by atoms with van der Waals surface area (Å²) in [7, 11) is 3.46. The van der Waals surface area contributed by atoms with E-state index in [1.807, 2.05) is 52.5 Å². The highest BCUT2D eigenvalue weighted by Crippen LogP contribution is 2.31. The number of amides is 1. The van der Waals surface area contributed by atoms with Crippen LogP contribution in [0.4, 0.5) is 0 Å². The Kier molecular flexibility index (Phi) is 4.85. The molecule has 0 atom stereocenters. The summed E-state index contributed by atoms with van der Waals surface area (Å²) in [6.07, 6.45) is 5.37. The van der Waals surface area contributed by atoms with E-state index in [-0.39, 0.29) is 18.6 Å². The molecule has 0 bridgehead atoms. The third kappa shape index (κ3) is 3.37. The van der Waals surface area contributed by atoms with Crippen LogP contribution in [0.25, 0.3) is 21.5 Å². The summed E-state index contributed by atoms with van der Waals surface area (Å²) in [5.41, 5.74) is 2.96. The minimum Gasteiger partial charge on any atom is -0.420 e. The zero-order valence-electron chi connectivity index (χ0n) is 15.5. The lowest BCUT2D eigenvalue weighted by Gasteiger charge is -2.15. The molecule has 7 heteroatoms. The van der Waals surface area contributed by atoms with Gasteiger partial charge in [-0.2, -0.15) is 6.07 Å². The molecule has 0 aliphatic rings. The highest BCUT2D eigenvalue weighted by Gasteiger charge is 2.18. The van der Waals surface area contributed by atoms with Crippen LogP contribution in [-0.2, 0) is 11.3 Å². The highest BCUT2D eigenvalue weighted by atomic mass is 32.1. The number of rotatable bonds is 5. The average Bonchev–Trinajstić information content (AvgIpc) is 3.34. The van der Waals surface area contributed by atoms with Crippen LogP contribution in [0.5, 0.6) is 0 Å². The van der Waals surface area contributed by atoms with Crippen LogP contribution in [0.3, 0.4) is 0 Å². The number of aliphatic hydroxyl groups is 1. The normalized spacial score (nSPS) is 11.0. The molecule has 0 spiro atoms. The molecule has 1 aromatic carbocycles. The second-order valence-electron chi connectivity index (χ2n) is 6.60. The number of carbonyl (C=O) groups excluding carboxylic acids is 1. The number of aliphatic hydroxyl groups excluding tert-OH is 1. The Morgan fingerprint density at radius 3 is 2.93 bits per heavy atom. The van der Waals surface area contributed by atoms with Gasteiger partial charge in [0.1, 0.15) is 5.38 Å². The number of hydrogen-bond donors (Lipinski definition) is 1. The van der Waals surface area contributed by atoms with Crippen LogP contribution in [0, 0.1) is 6.10 Å². The van der Waals surface area contributed by atoms with E-state index in [1.54, 1.807) is 31.4 Å². The molecule has 3 heterocycles. The lowest BCUT2D eigenvalue weighted by Crippen LogP contribution is -2.41. The molecule has 0 unspecified atom stereocenters. The summed E-state index contributed by atoms with van der Waals surface area (Å²) in [6.45, 7) is 0.207. The summed E-state index contributed by atoms with van der Waals surface area (Å²) in [5.74, 6) is -0.0145. The van der Waals surface area contributed by atoms with Gasteiger partial charge >= 0.3 is 0 Å². The molecule has 142 valence electrons. The monoisotopic (exact) mass is 391 g/mol. The number of thiazole rings is 1. The third-order valence-corrected chi connectivity index (χ3v) is 5.39. The van der Waals surface area contributed by atoms with Gasteiger partial charge in [-0.1, -0.05) is 12.1 Å². The molecule has 0 aliphatic heterocycles. The molecule has 4 aromatic rings. The smallest absolute Gasteiger partial charge is 0.286 e. The van der Waals surface area contributed by atoms with E-state index in [9.17, 15) is 9.90 Å². The lowest BCUT2D eigenvalue weighted by molar-refractivity contribution is -0.657. The fraction of sp³-hybridized carbons (Fsp3) is 0.143. The van der Waals surface area contributed by atoms with Crippen LogP contribution in [0.15, 0.2) is 60.4 Å². The Morgan fingerprint density at radius 1 is 1.32 bits per heavy atom. The number of aromatic nitrogens is 3. The molecule has 28 heavy (non-hydrogen) atoms. The van der Waals surface area contributed by atoms with Crippen molar-refractivity contribution < 1.29 is 14.5 Å². The number of nitrogens with zero attached hydrogens (tertiary/aromatic N) is 4. The van der Waals surface area contributed by atoms with E-state index in [0.29, 0.717) is 11.3 Å². The molecule has 0 saturated carbocycles. The second kappa shape index (κ2) is 7.46. The SMILES string of the molecule is CN(C)C(=O)C[n+]1cc([C-](O)c2c[s+][c-](-c3cccnc3)n2)c2cccc[c-]21. The molecule has 0 fully saturated rings. The standard InChI is InChI=1S/C21H19N4O2S/c1-24(2)19(26)12-25-11-16(15-7-3-4-8-18(15)25)20(27)17-13-28-21(23-17)14-6-5-9-22-10-14/h3-11,13,27H,12H2,1-2H3/q-1. The summed E-state index contributed by atoms with van der Waals surface area (Å²) in [6, 6.07) is 11.5. The number of carbonyl (C=O) groups is 1. The first-order valence-corrected chi connectivity index (χ1v) is 9.63. The number of para-hydroxylation sites is 1. The Morgan fingerprint density at radius 2 is 2.18 bits per heavy atom. The van der Waals surface area contributed by atoms with Crippen LogP contribution in [0.2, 0.25) is 0 Å². The second-order valence-corrected chi connectivity index (χ2v) is 7.46. The first-order chi connectivity index (χ1) is 13.5. The number of benzene rings is 1. The minimum absolute atomic E-state index is 0.0145. The van der Waals surface area contributed by atoms with Crippen molar-refractivity contribution in [1.82, 2.24) is 14.9 Å². The molecule has 1 N–H and O–H groups in total. The van der Waals surface area contributed by atoms with Gasteiger partial charge in [0.25, 0.3) is 5.91 Å². The summed E-state index contributed by atoms with van der Waals surface area (Å²) >= 11 is 1.45. The zero-order chi connectivity index (χ0) is 19.7. The van der Waals surface area contributed by atoms with Crippen molar-refractivity contribution >= 4 is 28.1 Å². The quantitative estimate of drug-likeness (QED) is 0.323. The van der Waals surface area contributed by atoms with Crippen LogP contribution >= 0.6 is 11.3 Å². The fourth-order valence-corrected chi connectivity index (χ4v) is 3.79. The lowest BCUT2D eigenvalue weighted by atomic mass is 10.1. The number of fused-ring (bicyclic) bond motifs is 1. The summed E-state index contributed by atoms with van der Waals surface area (Å²) in [4.78, 5) is 22.4. The van der Waals surface area contributed by atoms with Gasteiger partial charge in [-0.15, -0.1) is 29.1 Å². The molecule has 0 radical (unpaired) electrons. The van der Waals surface area contributed by atoms with Crippen molar-refractivity contribution in [2.45, 2.75) is 6.54 Å². The zero-order valence-corrected chi connectivity index (χ0v) is 16.3. The Balaban J connectivity index is 1.71. The van der Waals surface area contributed by atoms with Gasteiger partial charge in [-0.05, 0) is 17.9 Å². The van der Waals surface area contributed by atoms with Gasteiger partial charge in [0, 0.05) is 26.0 Å². The van der Waals surface area contributed by atoms with E-state index in [1.165, 1.54) is 11.3 Å². The number of pyridine rings is 1. The van der Waals surface area contributed by atoms with Crippen molar-refractivity contribution in [3.8, 4) is 10.6 Å². The maximum atomic E-state index is 12.2. The maximum absolute atomic E-state index is 12.2. The summed E-state index contributed by atoms with van der Waals surface area (Å²) in [5, 5.41) is 14.4. The Bertz CT molecular complexity index is 1120. The van der Waals surface area contributed by atoms with Crippen molar-refractivity contribution in [2.75, 3.05) is 14.1 Å². The van der Waals surface area contributed by atoms with Crippen molar-refractivity contribution in [2.24, 2.45) is 0 Å². The molecule has 4 rings (SSSR count). The van der Waals surface area contributed by atoms with Crippen molar-refractivity contribution in [3.63, 3.8) is 0 Å². The molecular formula is C21H19N4O2S-. The third-order valence-electron chi connectivity index (χ3n) is 4.50. The van der Waals surface area contributed by atoms with Gasteiger partial charge in [0.2, 0.25) is 11.6 Å². The van der Waals surface area contributed by atoms with Crippen molar-refractivity contribution in [1.29, 1.82) is 0 Å². The number of hydrogen-bond acceptors (Lipinski definition) is 4. The van der Waals surface area contributed by atoms with Gasteiger partial charge in [-0.25, -0.2) is 0 Å². The average molecular weight is 391 g/mol. The van der Waals surface area contributed by atoms with Crippen LogP contribution in [-0.4, -0.2) is 40.0 Å². The topological polar surface area (TPSA) is 70.2 Å². The Labute approximate surface area is 166 Å². The Hall–Kier alpha value is -3.16. The first kappa shape index (κ1) is 18.2. The predicted molar refractivity (Wildman–Crippen MR) is 107 cm³/mol. The minimum atomic E-state index is -0.0145. The molecule has 1 amide bonds. The number of likely N-dealkylation sites (N-methyl/N-ethyl adjacent to an activating group) is 1. The fourth-order valence-electron chi connectivity index (χ4n) is 3.00.